The molecule has 4 aliphatic rings. The van der Waals surface area contributed by atoms with Gasteiger partial charge in [-0.1, -0.05) is 97.2 Å². The minimum atomic E-state index is -0.497. The van der Waals surface area contributed by atoms with E-state index in [1.165, 1.54) is 34.8 Å². The van der Waals surface area contributed by atoms with Crippen molar-refractivity contribution in [1.29, 1.82) is 0 Å². The minimum absolute atomic E-state index is 0.255. The first-order chi connectivity index (χ1) is 26.4. The maximum absolute atomic E-state index is 13.2. The van der Waals surface area contributed by atoms with Crippen LogP contribution in [0.15, 0.2) is 67.7 Å². The molecule has 0 radical (unpaired) electrons. The lowest BCUT2D eigenvalue weighted by Crippen LogP contribution is -2.38. The van der Waals surface area contributed by atoms with Crippen LogP contribution in [-0.2, 0) is 26.2 Å². The molecule has 0 bridgehead atoms. The van der Waals surface area contributed by atoms with Gasteiger partial charge < -0.3 is 9.13 Å². The van der Waals surface area contributed by atoms with Gasteiger partial charge in [0.15, 0.2) is 23.0 Å². The predicted molar refractivity (Wildman–Crippen MR) is 221 cm³/mol. The zero-order valence-electron chi connectivity index (χ0n) is 31.4. The Bertz CT molecular complexity index is 2190. The summed E-state index contributed by atoms with van der Waals surface area (Å²) in [4.78, 5) is 69.7. The van der Waals surface area contributed by atoms with E-state index in [1.54, 1.807) is 0 Å². The molecule has 0 saturated heterocycles. The number of nitrogens with zero attached hydrogens (tertiary/aromatic N) is 8. The third-order valence-corrected chi connectivity index (χ3v) is 12.5. The van der Waals surface area contributed by atoms with Crippen molar-refractivity contribution in [3.8, 4) is 23.0 Å². The number of benzene rings is 2. The highest BCUT2D eigenvalue weighted by atomic mass is 33.1. The first-order valence-electron chi connectivity index (χ1n) is 19.5. The smallest absolute Gasteiger partial charge is 0.323 e. The largest absolute Gasteiger partial charge is 0.352 e. The summed E-state index contributed by atoms with van der Waals surface area (Å²) < 4.78 is 6.27. The number of aryl methyl sites for hydroxylation is 2. The standard InChI is InChI=1S/C40H50N8O4S2/c1-3-45-31-23-15-13-21-29(31)41-33-35(45)43-39(51)47(37(33)49)25-17-9-5-7-11-19-27-53-54-28-20-12-8-6-10-18-26-48-38(50)34-36(44-40(48)52)46(4-2)32-24-16-14-22-30(32)42-34/h13-16,21-24H,3-12,17-20,25-28H2,1-2H3. The molecular weight excluding hydrogens is 721 g/mol. The van der Waals surface area contributed by atoms with Crippen LogP contribution >= 0.6 is 21.6 Å². The molecule has 286 valence electrons. The Labute approximate surface area is 322 Å². The molecule has 12 nitrogen and oxygen atoms in total. The number of hydrogen-bond donors (Lipinski definition) is 0. The van der Waals surface area contributed by atoms with Crippen LogP contribution in [0.1, 0.15) is 90.9 Å². The number of fused-ring (bicyclic) bond motifs is 4. The summed E-state index contributed by atoms with van der Waals surface area (Å²) in [6, 6.07) is 15.2. The lowest BCUT2D eigenvalue weighted by atomic mass is 10.1. The molecule has 0 N–H and O–H groups in total. The number of aromatic nitrogens is 8. The lowest BCUT2D eigenvalue weighted by Gasteiger charge is -2.16. The molecule has 0 aromatic heterocycles. The lowest BCUT2D eigenvalue weighted by molar-refractivity contribution is 0.533. The van der Waals surface area contributed by atoms with Crippen LogP contribution in [0.2, 0.25) is 0 Å². The molecule has 0 fully saturated rings. The highest BCUT2D eigenvalue weighted by Crippen LogP contribution is 2.25. The molecule has 6 rings (SSSR count). The molecule has 2 aromatic rings. The van der Waals surface area contributed by atoms with Gasteiger partial charge in [-0.25, -0.2) is 19.6 Å². The highest BCUT2D eigenvalue weighted by molar-refractivity contribution is 8.76. The van der Waals surface area contributed by atoms with E-state index in [0.717, 1.165) is 84.9 Å². The van der Waals surface area contributed by atoms with Crippen LogP contribution in [0, 0.1) is 0 Å². The second-order valence-electron chi connectivity index (χ2n) is 13.6. The third-order valence-electron chi connectivity index (χ3n) is 9.94. The highest BCUT2D eigenvalue weighted by Gasteiger charge is 2.22. The Balaban J connectivity index is 0.796. The van der Waals surface area contributed by atoms with Crippen molar-refractivity contribution in [2.24, 2.45) is 0 Å². The van der Waals surface area contributed by atoms with E-state index in [1.807, 2.05) is 93.1 Å². The van der Waals surface area contributed by atoms with Gasteiger partial charge in [-0.2, -0.15) is 9.97 Å². The SMILES string of the molecule is CCn1c2nc(=O)n(CCCCCCCCSSCCCCCCCCn3c(=O)nc4n(CC)c5ccccc5nc-4c3=O)c(=O)c-2nc2ccccc21. The molecule has 4 aliphatic heterocycles. The molecule has 2 aromatic carbocycles. The molecule has 0 unspecified atom stereocenters. The van der Waals surface area contributed by atoms with Gasteiger partial charge in [0.05, 0.1) is 22.1 Å². The normalized spacial score (nSPS) is 11.8. The summed E-state index contributed by atoms with van der Waals surface area (Å²) in [6.07, 6.45) is 12.7. The Kier molecular flexibility index (Phi) is 14.1. The second kappa shape index (κ2) is 19.3. The van der Waals surface area contributed by atoms with E-state index >= 15 is 0 Å². The van der Waals surface area contributed by atoms with Crippen molar-refractivity contribution >= 4 is 43.7 Å². The zero-order chi connectivity index (χ0) is 37.9. The summed E-state index contributed by atoms with van der Waals surface area (Å²) in [5.74, 6) is 3.01. The molecule has 0 saturated carbocycles. The maximum Gasteiger partial charge on any atom is 0.352 e. The Morgan fingerprint density at radius 3 is 1.24 bits per heavy atom. The van der Waals surface area contributed by atoms with E-state index in [-0.39, 0.29) is 22.5 Å². The predicted octanol–water partition coefficient (Wildman–Crippen LogP) is 7.23. The fraction of sp³-hybridized carbons (Fsp3) is 0.500. The average molecular weight is 771 g/mol. The van der Waals surface area contributed by atoms with Crippen molar-refractivity contribution < 1.29 is 0 Å². The summed E-state index contributed by atoms with van der Waals surface area (Å²) in [5.41, 5.74) is 1.98. The maximum atomic E-state index is 13.2. The topological polar surface area (TPSA) is 140 Å². The molecule has 0 amide bonds. The van der Waals surface area contributed by atoms with Crippen LogP contribution < -0.4 is 22.5 Å². The van der Waals surface area contributed by atoms with Gasteiger partial charge >= 0.3 is 11.4 Å². The van der Waals surface area contributed by atoms with Crippen LogP contribution in [0.3, 0.4) is 0 Å². The molecular formula is C40H50N8O4S2. The van der Waals surface area contributed by atoms with Crippen molar-refractivity contribution in [2.75, 3.05) is 11.5 Å². The first kappa shape index (κ1) is 39.4. The van der Waals surface area contributed by atoms with Gasteiger partial charge in [0.25, 0.3) is 11.1 Å². The van der Waals surface area contributed by atoms with E-state index < -0.39 is 11.4 Å². The van der Waals surface area contributed by atoms with Gasteiger partial charge in [-0.15, -0.1) is 0 Å². The zero-order valence-corrected chi connectivity index (χ0v) is 33.0. The average Bonchev–Trinajstić information content (AvgIpc) is 3.18. The van der Waals surface area contributed by atoms with Crippen molar-refractivity contribution in [3.05, 3.63) is 90.2 Å². The number of unbranched alkanes of at least 4 members (excludes halogenated alkanes) is 10. The van der Waals surface area contributed by atoms with Gasteiger partial charge in [0.2, 0.25) is 0 Å². The van der Waals surface area contributed by atoms with Crippen LogP contribution in [0.5, 0.6) is 0 Å². The van der Waals surface area contributed by atoms with E-state index in [9.17, 15) is 19.2 Å². The van der Waals surface area contributed by atoms with Gasteiger partial charge in [0.1, 0.15) is 0 Å². The molecule has 54 heavy (non-hydrogen) atoms. The number of rotatable bonds is 21. The molecule has 14 heteroatoms. The summed E-state index contributed by atoms with van der Waals surface area (Å²) >= 11 is 0. The van der Waals surface area contributed by atoms with Crippen molar-refractivity contribution in [3.63, 3.8) is 0 Å². The quantitative estimate of drug-likeness (QED) is 0.0418. The van der Waals surface area contributed by atoms with Crippen molar-refractivity contribution in [1.82, 2.24) is 38.2 Å². The summed E-state index contributed by atoms with van der Waals surface area (Å²) in [6.45, 7) is 5.87. The summed E-state index contributed by atoms with van der Waals surface area (Å²) in [7, 11) is 3.91. The Morgan fingerprint density at radius 2 is 0.833 bits per heavy atom. The third kappa shape index (κ3) is 9.14. The second-order valence-corrected chi connectivity index (χ2v) is 16.3. The number of hydrogen-bond acceptors (Lipinski definition) is 10. The summed E-state index contributed by atoms with van der Waals surface area (Å²) in [5, 5.41) is 0. The first-order valence-corrected chi connectivity index (χ1v) is 22.0. The van der Waals surface area contributed by atoms with E-state index in [4.69, 9.17) is 0 Å². The van der Waals surface area contributed by atoms with Gasteiger partial charge in [-0.05, 0) is 63.8 Å². The van der Waals surface area contributed by atoms with Crippen molar-refractivity contribution in [2.45, 2.75) is 117 Å². The van der Waals surface area contributed by atoms with Crippen LogP contribution in [0.25, 0.3) is 45.1 Å². The minimum Gasteiger partial charge on any atom is -0.323 e. The fourth-order valence-corrected chi connectivity index (χ4v) is 9.37. The van der Waals surface area contributed by atoms with Crippen LogP contribution in [0.4, 0.5) is 0 Å². The molecule has 0 spiro atoms. The van der Waals surface area contributed by atoms with Crippen LogP contribution in [-0.4, -0.2) is 49.7 Å². The number of para-hydroxylation sites is 4. The fourth-order valence-electron chi connectivity index (χ4n) is 7.07. The Morgan fingerprint density at radius 1 is 0.463 bits per heavy atom. The Hall–Kier alpha value is -4.30. The van der Waals surface area contributed by atoms with Gasteiger partial charge in [0, 0.05) is 37.7 Å². The van der Waals surface area contributed by atoms with Gasteiger partial charge in [-0.3, -0.25) is 18.7 Å². The molecule has 0 atom stereocenters. The molecule has 0 aliphatic carbocycles. The van der Waals surface area contributed by atoms with E-state index in [0.29, 0.717) is 37.8 Å². The molecule has 4 heterocycles. The van der Waals surface area contributed by atoms with E-state index in [2.05, 4.69) is 19.9 Å². The monoisotopic (exact) mass is 770 g/mol.